The Labute approximate surface area is 209 Å². The van der Waals surface area contributed by atoms with Gasteiger partial charge >= 0.3 is 6.09 Å². The Hall–Kier alpha value is -3.34. The van der Waals surface area contributed by atoms with Crippen LogP contribution in [0.15, 0.2) is 41.3 Å². The minimum Gasteiger partial charge on any atom is -0.490 e. The molecule has 2 N–H and O–H groups in total. The number of sulfone groups is 1. The minimum absolute atomic E-state index is 0.114. The summed E-state index contributed by atoms with van der Waals surface area (Å²) in [6.07, 6.45) is 0.110. The third kappa shape index (κ3) is 5.56. The summed E-state index contributed by atoms with van der Waals surface area (Å²) >= 11 is 0. The number of carboxylic acid groups (broad SMARTS) is 1. The van der Waals surface area contributed by atoms with Crippen molar-refractivity contribution in [2.24, 2.45) is 11.8 Å². The molecule has 0 aliphatic carbocycles. The first-order valence-electron chi connectivity index (χ1n) is 11.8. The van der Waals surface area contributed by atoms with Crippen LogP contribution < -0.4 is 14.8 Å². The van der Waals surface area contributed by atoms with Crippen LogP contribution in [-0.4, -0.2) is 62.1 Å². The summed E-state index contributed by atoms with van der Waals surface area (Å²) < 4.78 is 49.5. The molecule has 1 saturated heterocycles. The zero-order chi connectivity index (χ0) is 26.0. The van der Waals surface area contributed by atoms with Crippen molar-refractivity contribution in [3.05, 3.63) is 42.2 Å². The summed E-state index contributed by atoms with van der Waals surface area (Å²) in [5, 5.41) is 11.3. The monoisotopic (exact) mass is 520 g/mol. The Bertz CT molecular complexity index is 1260. The van der Waals surface area contributed by atoms with E-state index in [1.54, 1.807) is 43.0 Å². The maximum Gasteiger partial charge on any atom is 0.405 e. The molecule has 1 atom stereocenters. The van der Waals surface area contributed by atoms with E-state index in [2.05, 4.69) is 5.32 Å². The van der Waals surface area contributed by atoms with Crippen LogP contribution in [0, 0.1) is 17.7 Å². The summed E-state index contributed by atoms with van der Waals surface area (Å²) in [5.74, 6) is -0.819. The molecule has 2 aliphatic rings. The van der Waals surface area contributed by atoms with E-state index < -0.39 is 33.7 Å². The number of halogens is 1. The molecule has 194 valence electrons. The van der Waals surface area contributed by atoms with E-state index in [0.717, 1.165) is 0 Å². The Morgan fingerprint density at radius 2 is 1.83 bits per heavy atom. The second kappa shape index (κ2) is 10.3. The number of ether oxygens (including phenoxy) is 2. The molecule has 2 amide bonds. The smallest absolute Gasteiger partial charge is 0.405 e. The first-order chi connectivity index (χ1) is 17.0. The van der Waals surface area contributed by atoms with Crippen molar-refractivity contribution in [2.75, 3.05) is 25.6 Å². The highest BCUT2D eigenvalue weighted by Crippen LogP contribution is 2.36. The number of likely N-dealkylation sites (tertiary alicyclic amines) is 1. The van der Waals surface area contributed by atoms with Gasteiger partial charge in [-0.15, -0.1) is 0 Å². The number of amides is 2. The second-order valence-corrected chi connectivity index (χ2v) is 11.3. The van der Waals surface area contributed by atoms with Crippen LogP contribution >= 0.6 is 0 Å². The Morgan fingerprint density at radius 1 is 1.17 bits per heavy atom. The predicted molar refractivity (Wildman–Crippen MR) is 129 cm³/mol. The molecule has 2 aromatic rings. The highest BCUT2D eigenvalue weighted by Gasteiger charge is 2.31. The van der Waals surface area contributed by atoms with Crippen LogP contribution in [0.1, 0.15) is 26.7 Å². The summed E-state index contributed by atoms with van der Waals surface area (Å²) in [6.45, 7) is 4.84. The lowest BCUT2D eigenvalue weighted by atomic mass is 9.95. The molecule has 0 aromatic heterocycles. The average Bonchev–Trinajstić information content (AvgIpc) is 3.15. The summed E-state index contributed by atoms with van der Waals surface area (Å²) in [6, 6.07) is 8.46. The lowest BCUT2D eigenvalue weighted by Crippen LogP contribution is -2.52. The third-order valence-electron chi connectivity index (χ3n) is 6.53. The van der Waals surface area contributed by atoms with Gasteiger partial charge in [0.05, 0.1) is 6.61 Å². The van der Waals surface area contributed by atoms with Gasteiger partial charge in [-0.05, 0) is 60.1 Å². The molecule has 2 aromatic carbocycles. The summed E-state index contributed by atoms with van der Waals surface area (Å²) in [4.78, 5) is 25.5. The maximum atomic E-state index is 14.8. The van der Waals surface area contributed by atoms with Gasteiger partial charge in [0.2, 0.25) is 15.7 Å². The molecular weight excluding hydrogens is 491 g/mol. The largest absolute Gasteiger partial charge is 0.490 e. The number of fused-ring (bicyclic) bond motifs is 1. The van der Waals surface area contributed by atoms with Gasteiger partial charge in [-0.1, -0.05) is 26.0 Å². The van der Waals surface area contributed by atoms with E-state index in [0.29, 0.717) is 43.7 Å². The molecule has 1 unspecified atom stereocenters. The van der Waals surface area contributed by atoms with Crippen LogP contribution in [0.2, 0.25) is 0 Å². The number of carbonyl (C=O) groups excluding carboxylic acids is 1. The lowest BCUT2D eigenvalue weighted by molar-refractivity contribution is -0.136. The van der Waals surface area contributed by atoms with Gasteiger partial charge in [-0.2, -0.15) is 0 Å². The highest BCUT2D eigenvalue weighted by molar-refractivity contribution is 7.91. The quantitative estimate of drug-likeness (QED) is 0.573. The Balaban J connectivity index is 1.32. The van der Waals surface area contributed by atoms with E-state index in [1.807, 2.05) is 0 Å². The average molecular weight is 521 g/mol. The Kier molecular flexibility index (Phi) is 7.39. The van der Waals surface area contributed by atoms with Crippen molar-refractivity contribution in [2.45, 2.75) is 37.6 Å². The van der Waals surface area contributed by atoms with Gasteiger partial charge in [-0.3, -0.25) is 4.79 Å². The molecule has 1 fully saturated rings. The number of rotatable bonds is 7. The molecule has 2 heterocycles. The Morgan fingerprint density at radius 3 is 2.47 bits per heavy atom. The third-order valence-corrected chi connectivity index (χ3v) is 7.96. The molecule has 0 radical (unpaired) electrons. The number of piperidine rings is 1. The molecule has 36 heavy (non-hydrogen) atoms. The van der Waals surface area contributed by atoms with Crippen LogP contribution in [-0.2, 0) is 14.6 Å². The predicted octanol–water partition coefficient (Wildman–Crippen LogP) is 3.53. The molecule has 11 heteroatoms. The van der Waals surface area contributed by atoms with Crippen molar-refractivity contribution in [1.82, 2.24) is 10.2 Å². The van der Waals surface area contributed by atoms with Crippen LogP contribution in [0.4, 0.5) is 9.18 Å². The van der Waals surface area contributed by atoms with Gasteiger partial charge in [0.25, 0.3) is 0 Å². The fraction of sp³-hybridized carbons (Fsp3) is 0.440. The van der Waals surface area contributed by atoms with Crippen molar-refractivity contribution in [3.8, 4) is 22.6 Å². The first kappa shape index (κ1) is 25.7. The molecule has 0 saturated carbocycles. The molecule has 4 rings (SSSR count). The van der Waals surface area contributed by atoms with E-state index in [9.17, 15) is 22.4 Å². The number of hydrogen-bond acceptors (Lipinski definition) is 6. The van der Waals surface area contributed by atoms with Gasteiger partial charge in [0.1, 0.15) is 16.7 Å². The van der Waals surface area contributed by atoms with Crippen LogP contribution in [0.5, 0.6) is 11.5 Å². The van der Waals surface area contributed by atoms with Crippen molar-refractivity contribution < 1.29 is 37.0 Å². The molecule has 9 nitrogen and oxygen atoms in total. The fourth-order valence-corrected chi connectivity index (χ4v) is 5.54. The van der Waals surface area contributed by atoms with E-state index in [4.69, 9.17) is 14.6 Å². The first-order valence-corrected chi connectivity index (χ1v) is 13.4. The van der Waals surface area contributed by atoms with Crippen molar-refractivity contribution in [1.29, 1.82) is 0 Å². The number of carbonyl (C=O) groups is 2. The zero-order valence-electron chi connectivity index (χ0n) is 20.1. The second-order valence-electron chi connectivity index (χ2n) is 9.43. The van der Waals surface area contributed by atoms with E-state index in [-0.39, 0.29) is 34.1 Å². The fourth-order valence-electron chi connectivity index (χ4n) is 4.43. The zero-order valence-corrected chi connectivity index (χ0v) is 20.9. The summed E-state index contributed by atoms with van der Waals surface area (Å²) in [5.41, 5.74) is 1.20. The van der Waals surface area contributed by atoms with E-state index in [1.165, 1.54) is 12.1 Å². The number of hydrogen-bond donors (Lipinski definition) is 2. The van der Waals surface area contributed by atoms with E-state index >= 15 is 0 Å². The van der Waals surface area contributed by atoms with Gasteiger partial charge in [0.15, 0.2) is 17.5 Å². The summed E-state index contributed by atoms with van der Waals surface area (Å²) in [7, 11) is -3.42. The molecule has 2 aliphatic heterocycles. The molecule has 0 spiro atoms. The van der Waals surface area contributed by atoms with Gasteiger partial charge < -0.3 is 24.8 Å². The number of nitrogens with one attached hydrogen (secondary N) is 1. The topological polar surface area (TPSA) is 122 Å². The lowest BCUT2D eigenvalue weighted by Gasteiger charge is -2.35. The molecular formula is C25H29FN2O7S. The normalized spacial score (nSPS) is 17.8. The van der Waals surface area contributed by atoms with Gasteiger partial charge in [0, 0.05) is 13.1 Å². The van der Waals surface area contributed by atoms with Gasteiger partial charge in [-0.25, -0.2) is 17.6 Å². The molecule has 0 bridgehead atoms. The number of benzene rings is 2. The van der Waals surface area contributed by atoms with Crippen molar-refractivity contribution in [3.63, 3.8) is 0 Å². The van der Waals surface area contributed by atoms with Crippen LogP contribution in [0.3, 0.4) is 0 Å². The van der Waals surface area contributed by atoms with Crippen molar-refractivity contribution >= 4 is 21.8 Å². The SMILES string of the molecule is CC(C)C(NC(=O)O)C(=O)N1CCC(COc2ccc(-c3ccc4c(c3)OCS4(=O)=O)cc2F)CC1. The standard InChI is InChI=1S/C25H29FN2O7S/c1-15(2)23(27-25(30)31)24(29)28-9-7-16(8-10-28)13-34-20-5-3-17(11-19(20)26)18-4-6-22-21(12-18)35-14-36(22,32)33/h3-6,11-12,15-16,23,27H,7-10,13-14H2,1-2H3,(H,30,31). The highest BCUT2D eigenvalue weighted by atomic mass is 32.2. The van der Waals surface area contributed by atoms with Crippen LogP contribution in [0.25, 0.3) is 11.1 Å². The minimum atomic E-state index is -3.42. The number of nitrogens with zero attached hydrogens (tertiary/aromatic N) is 1. The maximum absolute atomic E-state index is 14.8.